The third-order valence-corrected chi connectivity index (χ3v) is 5.67. The van der Waals surface area contributed by atoms with Crippen molar-refractivity contribution in [2.24, 2.45) is 0 Å². The lowest BCUT2D eigenvalue weighted by molar-refractivity contribution is 0.0923. The van der Waals surface area contributed by atoms with Gasteiger partial charge < -0.3 is 15.2 Å². The number of carbonyl (C=O) groups excluding carboxylic acids is 1. The summed E-state index contributed by atoms with van der Waals surface area (Å²) >= 11 is 0. The van der Waals surface area contributed by atoms with Crippen molar-refractivity contribution in [3.8, 4) is 0 Å². The first-order valence-corrected chi connectivity index (χ1v) is 9.23. The molecule has 2 unspecified atom stereocenters. The van der Waals surface area contributed by atoms with Gasteiger partial charge in [-0.05, 0) is 57.7 Å². The van der Waals surface area contributed by atoms with Crippen LogP contribution in [0.4, 0.5) is 0 Å². The van der Waals surface area contributed by atoms with E-state index in [9.17, 15) is 4.79 Å². The van der Waals surface area contributed by atoms with Crippen molar-refractivity contribution in [2.45, 2.75) is 64.2 Å². The number of rotatable bonds is 4. The van der Waals surface area contributed by atoms with Gasteiger partial charge in [-0.3, -0.25) is 9.78 Å². The Morgan fingerprint density at radius 2 is 1.93 bits per heavy atom. The summed E-state index contributed by atoms with van der Waals surface area (Å²) in [6, 6.07) is 9.40. The zero-order chi connectivity index (χ0) is 17.4. The van der Waals surface area contributed by atoms with E-state index in [1.54, 1.807) is 0 Å². The number of halogens is 2. The maximum atomic E-state index is 12.8. The first-order chi connectivity index (χ1) is 12.1. The summed E-state index contributed by atoms with van der Waals surface area (Å²) in [6.07, 6.45) is 6.40. The average molecular weight is 411 g/mol. The van der Waals surface area contributed by atoms with Gasteiger partial charge in [0.15, 0.2) is 0 Å². The summed E-state index contributed by atoms with van der Waals surface area (Å²) in [5.41, 5.74) is 3.90. The van der Waals surface area contributed by atoms with Gasteiger partial charge >= 0.3 is 0 Å². The Bertz CT molecular complexity index is 766. The SMILES string of the molecule is Cc1cc(C(=O)NC2CC3CCC(C2)N3)c(C)n1Cc1ccccn1.Cl.Cl. The Balaban J connectivity index is 0.00000131. The average Bonchev–Trinajstić information content (AvgIpc) is 3.09. The molecule has 2 fully saturated rings. The van der Waals surface area contributed by atoms with Crippen LogP contribution in [0.1, 0.15) is 53.1 Å². The van der Waals surface area contributed by atoms with Crippen molar-refractivity contribution >= 4 is 30.7 Å². The number of fused-ring (bicyclic) bond motifs is 2. The van der Waals surface area contributed by atoms with Crippen LogP contribution in [0.2, 0.25) is 0 Å². The van der Waals surface area contributed by atoms with Gasteiger partial charge in [0.1, 0.15) is 0 Å². The smallest absolute Gasteiger partial charge is 0.253 e. The predicted octanol–water partition coefficient (Wildman–Crippen LogP) is 3.40. The zero-order valence-corrected chi connectivity index (χ0v) is 17.4. The van der Waals surface area contributed by atoms with Gasteiger partial charge in [0.25, 0.3) is 5.91 Å². The van der Waals surface area contributed by atoms with E-state index in [-0.39, 0.29) is 30.7 Å². The minimum Gasteiger partial charge on any atom is -0.349 e. The summed E-state index contributed by atoms with van der Waals surface area (Å²) in [5.74, 6) is 0.0617. The van der Waals surface area contributed by atoms with E-state index in [1.807, 2.05) is 37.4 Å². The van der Waals surface area contributed by atoms with Crippen LogP contribution in [0.15, 0.2) is 30.5 Å². The lowest BCUT2D eigenvalue weighted by Gasteiger charge is -2.29. The first kappa shape index (κ1) is 21.7. The van der Waals surface area contributed by atoms with Crippen LogP contribution < -0.4 is 10.6 Å². The summed E-state index contributed by atoms with van der Waals surface area (Å²) in [4.78, 5) is 17.2. The number of pyridine rings is 1. The van der Waals surface area contributed by atoms with Crippen molar-refractivity contribution in [3.63, 3.8) is 0 Å². The molecule has 2 atom stereocenters. The van der Waals surface area contributed by atoms with Crippen LogP contribution in [0.5, 0.6) is 0 Å². The molecule has 1 amide bonds. The van der Waals surface area contributed by atoms with Crippen LogP contribution in [-0.4, -0.2) is 33.6 Å². The molecule has 2 aromatic rings. The van der Waals surface area contributed by atoms with E-state index in [0.29, 0.717) is 24.7 Å². The second-order valence-corrected chi connectivity index (χ2v) is 7.47. The van der Waals surface area contributed by atoms with Gasteiger partial charge in [0.2, 0.25) is 0 Å². The molecule has 4 rings (SSSR count). The van der Waals surface area contributed by atoms with Crippen LogP contribution in [0.25, 0.3) is 0 Å². The van der Waals surface area contributed by atoms with Crippen molar-refractivity contribution in [1.29, 1.82) is 0 Å². The normalized spacial score (nSPS) is 23.3. The third kappa shape index (κ3) is 4.65. The number of nitrogens with zero attached hydrogens (tertiary/aromatic N) is 2. The largest absolute Gasteiger partial charge is 0.349 e. The standard InChI is InChI=1S/C20H26N4O.2ClH/c1-13-9-19(14(2)24(13)12-17-5-3-4-8-21-17)20(25)23-18-10-15-6-7-16(11-18)22-15;;/h3-5,8-9,15-16,18,22H,6-7,10-12H2,1-2H3,(H,23,25);2*1H. The van der Waals surface area contributed by atoms with Gasteiger partial charge in [-0.25, -0.2) is 0 Å². The molecule has 2 bridgehead atoms. The fourth-order valence-corrected chi connectivity index (χ4v) is 4.37. The van der Waals surface area contributed by atoms with Crippen LogP contribution in [0, 0.1) is 13.8 Å². The van der Waals surface area contributed by atoms with Crippen molar-refractivity contribution < 1.29 is 4.79 Å². The minimum absolute atomic E-state index is 0. The Morgan fingerprint density at radius 3 is 2.56 bits per heavy atom. The molecule has 0 spiro atoms. The zero-order valence-electron chi connectivity index (χ0n) is 15.8. The predicted molar refractivity (Wildman–Crippen MR) is 112 cm³/mol. The molecule has 27 heavy (non-hydrogen) atoms. The number of aryl methyl sites for hydroxylation is 1. The molecule has 2 aliphatic heterocycles. The van der Waals surface area contributed by atoms with E-state index >= 15 is 0 Å². The molecule has 2 saturated heterocycles. The van der Waals surface area contributed by atoms with Gasteiger partial charge in [0, 0.05) is 35.7 Å². The number of hydrogen-bond donors (Lipinski definition) is 2. The number of piperidine rings is 1. The molecule has 0 saturated carbocycles. The van der Waals surface area contributed by atoms with Crippen LogP contribution in [0.3, 0.4) is 0 Å². The molecule has 5 nitrogen and oxygen atoms in total. The fourth-order valence-electron chi connectivity index (χ4n) is 4.37. The molecule has 4 heterocycles. The highest BCUT2D eigenvalue weighted by Crippen LogP contribution is 2.27. The number of hydrogen-bond acceptors (Lipinski definition) is 3. The summed E-state index contributed by atoms with van der Waals surface area (Å²) in [5, 5.41) is 6.90. The van der Waals surface area contributed by atoms with Gasteiger partial charge in [-0.1, -0.05) is 6.07 Å². The first-order valence-electron chi connectivity index (χ1n) is 9.23. The molecule has 0 aromatic carbocycles. The maximum Gasteiger partial charge on any atom is 0.253 e. The quantitative estimate of drug-likeness (QED) is 0.811. The van der Waals surface area contributed by atoms with Gasteiger partial charge in [-0.15, -0.1) is 24.8 Å². The van der Waals surface area contributed by atoms with Crippen molar-refractivity contribution in [2.75, 3.05) is 0 Å². The van der Waals surface area contributed by atoms with E-state index < -0.39 is 0 Å². The number of nitrogens with one attached hydrogen (secondary N) is 2. The summed E-state index contributed by atoms with van der Waals surface area (Å²) in [6.45, 7) is 4.78. The lowest BCUT2D eigenvalue weighted by Crippen LogP contribution is -2.48. The molecule has 0 radical (unpaired) electrons. The highest BCUT2D eigenvalue weighted by Gasteiger charge is 2.34. The molecule has 2 aliphatic rings. The third-order valence-electron chi connectivity index (χ3n) is 5.67. The number of amides is 1. The Labute approximate surface area is 173 Å². The van der Waals surface area contributed by atoms with E-state index in [1.165, 1.54) is 12.8 Å². The van der Waals surface area contributed by atoms with E-state index in [4.69, 9.17) is 0 Å². The topological polar surface area (TPSA) is 59.0 Å². The number of carbonyl (C=O) groups is 1. The highest BCUT2D eigenvalue weighted by atomic mass is 35.5. The summed E-state index contributed by atoms with van der Waals surface area (Å²) in [7, 11) is 0. The van der Waals surface area contributed by atoms with Gasteiger partial charge in [-0.2, -0.15) is 0 Å². The minimum atomic E-state index is 0. The van der Waals surface area contributed by atoms with E-state index in [2.05, 4.69) is 27.1 Å². The summed E-state index contributed by atoms with van der Waals surface area (Å²) < 4.78 is 2.17. The van der Waals surface area contributed by atoms with Crippen LogP contribution >= 0.6 is 24.8 Å². The molecule has 0 aliphatic carbocycles. The molecule has 148 valence electrons. The molecule has 2 N–H and O–H groups in total. The monoisotopic (exact) mass is 410 g/mol. The van der Waals surface area contributed by atoms with Crippen molar-refractivity contribution in [1.82, 2.24) is 20.2 Å². The molecule has 7 heteroatoms. The van der Waals surface area contributed by atoms with Crippen molar-refractivity contribution in [3.05, 3.63) is 53.1 Å². The Kier molecular flexibility index (Phi) is 7.32. The Morgan fingerprint density at radius 1 is 1.22 bits per heavy atom. The molecular formula is C20H28Cl2N4O. The van der Waals surface area contributed by atoms with Gasteiger partial charge in [0.05, 0.1) is 17.8 Å². The Hall–Kier alpha value is -1.56. The second kappa shape index (κ2) is 9.09. The molecule has 2 aromatic heterocycles. The lowest BCUT2D eigenvalue weighted by atomic mass is 9.99. The second-order valence-electron chi connectivity index (χ2n) is 7.47. The maximum absolute atomic E-state index is 12.8. The van der Waals surface area contributed by atoms with E-state index in [0.717, 1.165) is 35.5 Å². The highest BCUT2D eigenvalue weighted by molar-refractivity contribution is 5.96. The number of aromatic nitrogens is 2. The van der Waals surface area contributed by atoms with Crippen LogP contribution in [-0.2, 0) is 6.54 Å². The fraction of sp³-hybridized carbons (Fsp3) is 0.500. The molecular weight excluding hydrogens is 383 g/mol.